The van der Waals surface area contributed by atoms with Crippen LogP contribution in [0.1, 0.15) is 56.1 Å². The second-order valence-corrected chi connectivity index (χ2v) is 6.73. The van der Waals surface area contributed by atoms with Gasteiger partial charge in [-0.3, -0.25) is 0 Å². The van der Waals surface area contributed by atoms with Crippen LogP contribution in [0.3, 0.4) is 0 Å². The van der Waals surface area contributed by atoms with Crippen LogP contribution < -0.4 is 5.32 Å². The van der Waals surface area contributed by atoms with Crippen LogP contribution in [0, 0.1) is 0 Å². The molecule has 0 amide bonds. The second kappa shape index (κ2) is 4.46. The summed E-state index contributed by atoms with van der Waals surface area (Å²) in [5.74, 6) is 0. The van der Waals surface area contributed by atoms with E-state index < -0.39 is 0 Å². The van der Waals surface area contributed by atoms with Gasteiger partial charge in [0.15, 0.2) is 0 Å². The Balaban J connectivity index is 2.11. The normalized spacial score (nSPS) is 16.8. The zero-order valence-corrected chi connectivity index (χ0v) is 11.6. The number of aromatic nitrogens is 1. The molecule has 0 spiro atoms. The molecule has 1 saturated carbocycles. The molecule has 3 heteroatoms. The van der Waals surface area contributed by atoms with Gasteiger partial charge in [-0.05, 0) is 19.3 Å². The van der Waals surface area contributed by atoms with Crippen LogP contribution in [0.4, 0.5) is 0 Å². The third-order valence-electron chi connectivity index (χ3n) is 2.88. The van der Waals surface area contributed by atoms with Gasteiger partial charge in [0, 0.05) is 22.9 Å². The standard InChI is InChI=1S/C13H22N2S/c1-5-10-11(8-14-9-6-7-9)16-12(15-10)13(2,3)4/h9,14H,5-8H2,1-4H3. The first-order chi connectivity index (χ1) is 7.50. The molecule has 16 heavy (non-hydrogen) atoms. The quantitative estimate of drug-likeness (QED) is 0.871. The van der Waals surface area contributed by atoms with Crippen LogP contribution >= 0.6 is 11.3 Å². The summed E-state index contributed by atoms with van der Waals surface area (Å²) >= 11 is 1.89. The number of thiazole rings is 1. The van der Waals surface area contributed by atoms with E-state index in [2.05, 4.69) is 33.0 Å². The van der Waals surface area contributed by atoms with E-state index in [9.17, 15) is 0 Å². The van der Waals surface area contributed by atoms with Crippen LogP contribution in [0.25, 0.3) is 0 Å². The second-order valence-electron chi connectivity index (χ2n) is 5.65. The molecule has 0 atom stereocenters. The van der Waals surface area contributed by atoms with Crippen molar-refractivity contribution in [1.29, 1.82) is 0 Å². The molecule has 0 aliphatic heterocycles. The molecule has 0 unspecified atom stereocenters. The number of hydrogen-bond donors (Lipinski definition) is 1. The lowest BCUT2D eigenvalue weighted by Crippen LogP contribution is -2.15. The molecule has 2 rings (SSSR count). The lowest BCUT2D eigenvalue weighted by molar-refractivity contribution is 0.583. The van der Waals surface area contributed by atoms with Crippen molar-refractivity contribution in [3.63, 3.8) is 0 Å². The van der Waals surface area contributed by atoms with E-state index in [1.165, 1.54) is 28.4 Å². The summed E-state index contributed by atoms with van der Waals surface area (Å²) in [5.41, 5.74) is 1.48. The topological polar surface area (TPSA) is 24.9 Å². The molecule has 0 aromatic carbocycles. The minimum atomic E-state index is 0.187. The third-order valence-corrected chi connectivity index (χ3v) is 4.41. The maximum atomic E-state index is 4.78. The number of nitrogens with one attached hydrogen (secondary N) is 1. The van der Waals surface area contributed by atoms with Crippen LogP contribution in [0.2, 0.25) is 0 Å². The highest BCUT2D eigenvalue weighted by molar-refractivity contribution is 7.11. The molecular weight excluding hydrogens is 216 g/mol. The molecule has 1 fully saturated rings. The first-order valence-corrected chi connectivity index (χ1v) is 7.04. The molecule has 1 N–H and O–H groups in total. The average Bonchev–Trinajstić information content (AvgIpc) is 2.92. The highest BCUT2D eigenvalue weighted by Gasteiger charge is 2.23. The summed E-state index contributed by atoms with van der Waals surface area (Å²) < 4.78 is 0. The van der Waals surface area contributed by atoms with Crippen LogP contribution in [0.15, 0.2) is 0 Å². The van der Waals surface area contributed by atoms with Gasteiger partial charge < -0.3 is 5.32 Å². The molecule has 1 aromatic heterocycles. The van der Waals surface area contributed by atoms with E-state index in [1.54, 1.807) is 0 Å². The Hall–Kier alpha value is -0.410. The Labute approximate surface area is 102 Å². The summed E-state index contributed by atoms with van der Waals surface area (Å²) in [6.45, 7) is 9.93. The predicted molar refractivity (Wildman–Crippen MR) is 70.1 cm³/mol. The molecule has 1 aliphatic rings. The van der Waals surface area contributed by atoms with Crippen molar-refractivity contribution in [2.75, 3.05) is 0 Å². The molecule has 0 radical (unpaired) electrons. The van der Waals surface area contributed by atoms with E-state index >= 15 is 0 Å². The molecule has 0 bridgehead atoms. The van der Waals surface area contributed by atoms with Gasteiger partial charge in [0.05, 0.1) is 10.7 Å². The lowest BCUT2D eigenvalue weighted by atomic mass is 9.98. The largest absolute Gasteiger partial charge is 0.309 e. The first-order valence-electron chi connectivity index (χ1n) is 6.23. The lowest BCUT2D eigenvalue weighted by Gasteiger charge is -2.13. The van der Waals surface area contributed by atoms with E-state index in [4.69, 9.17) is 4.98 Å². The van der Waals surface area contributed by atoms with E-state index in [0.717, 1.165) is 19.0 Å². The van der Waals surface area contributed by atoms with Gasteiger partial charge in [-0.15, -0.1) is 11.3 Å². The molecule has 0 saturated heterocycles. The SMILES string of the molecule is CCc1nc(C(C)(C)C)sc1CNC1CC1. The summed E-state index contributed by atoms with van der Waals surface area (Å²) in [4.78, 5) is 6.22. The number of hydrogen-bond acceptors (Lipinski definition) is 3. The monoisotopic (exact) mass is 238 g/mol. The van der Waals surface area contributed by atoms with Gasteiger partial charge in [-0.25, -0.2) is 4.98 Å². The molecular formula is C13H22N2S. The van der Waals surface area contributed by atoms with Gasteiger partial charge in [0.25, 0.3) is 0 Å². The minimum Gasteiger partial charge on any atom is -0.309 e. The van der Waals surface area contributed by atoms with Crippen molar-refractivity contribution in [3.8, 4) is 0 Å². The highest BCUT2D eigenvalue weighted by Crippen LogP contribution is 2.30. The van der Waals surface area contributed by atoms with Crippen LogP contribution in [-0.4, -0.2) is 11.0 Å². The molecule has 90 valence electrons. The maximum Gasteiger partial charge on any atom is 0.0985 e. The zero-order valence-electron chi connectivity index (χ0n) is 10.8. The van der Waals surface area contributed by atoms with Crippen molar-refractivity contribution in [2.24, 2.45) is 0 Å². The number of aryl methyl sites for hydroxylation is 1. The summed E-state index contributed by atoms with van der Waals surface area (Å²) in [6.07, 6.45) is 3.76. The van der Waals surface area contributed by atoms with Gasteiger partial charge in [0.2, 0.25) is 0 Å². The predicted octanol–water partition coefficient (Wildman–Crippen LogP) is 3.26. The fourth-order valence-corrected chi connectivity index (χ4v) is 2.80. The van der Waals surface area contributed by atoms with Crippen molar-refractivity contribution in [2.45, 2.75) is 65.0 Å². The molecule has 1 aromatic rings. The Morgan fingerprint density at radius 2 is 2.06 bits per heavy atom. The summed E-state index contributed by atoms with van der Waals surface area (Å²) in [7, 11) is 0. The molecule has 1 aliphatic carbocycles. The number of rotatable bonds is 4. The Kier molecular flexibility index (Phi) is 3.36. The van der Waals surface area contributed by atoms with Crippen LogP contribution in [-0.2, 0) is 18.4 Å². The van der Waals surface area contributed by atoms with Crippen molar-refractivity contribution >= 4 is 11.3 Å². The summed E-state index contributed by atoms with van der Waals surface area (Å²) in [5, 5.41) is 4.86. The highest BCUT2D eigenvalue weighted by atomic mass is 32.1. The van der Waals surface area contributed by atoms with Gasteiger partial charge in [-0.1, -0.05) is 27.7 Å². The van der Waals surface area contributed by atoms with E-state index in [1.807, 2.05) is 11.3 Å². The summed E-state index contributed by atoms with van der Waals surface area (Å²) in [6, 6.07) is 0.782. The fourth-order valence-electron chi connectivity index (χ4n) is 1.64. The Morgan fingerprint density at radius 3 is 2.56 bits per heavy atom. The smallest absolute Gasteiger partial charge is 0.0985 e. The fraction of sp³-hybridized carbons (Fsp3) is 0.769. The average molecular weight is 238 g/mol. The van der Waals surface area contributed by atoms with Gasteiger partial charge >= 0.3 is 0 Å². The van der Waals surface area contributed by atoms with Crippen molar-refractivity contribution < 1.29 is 0 Å². The Morgan fingerprint density at radius 1 is 1.38 bits per heavy atom. The van der Waals surface area contributed by atoms with Crippen molar-refractivity contribution in [1.82, 2.24) is 10.3 Å². The van der Waals surface area contributed by atoms with Crippen molar-refractivity contribution in [3.05, 3.63) is 15.6 Å². The third kappa shape index (κ3) is 2.83. The number of nitrogens with zero attached hydrogens (tertiary/aromatic N) is 1. The van der Waals surface area contributed by atoms with Gasteiger partial charge in [0.1, 0.15) is 0 Å². The Bertz CT molecular complexity index is 358. The first kappa shape index (κ1) is 12.1. The molecule has 2 nitrogen and oxygen atoms in total. The van der Waals surface area contributed by atoms with E-state index in [-0.39, 0.29) is 5.41 Å². The molecule has 1 heterocycles. The van der Waals surface area contributed by atoms with Gasteiger partial charge in [-0.2, -0.15) is 0 Å². The maximum absolute atomic E-state index is 4.78. The van der Waals surface area contributed by atoms with E-state index in [0.29, 0.717) is 0 Å². The minimum absolute atomic E-state index is 0.187. The van der Waals surface area contributed by atoms with Crippen LogP contribution in [0.5, 0.6) is 0 Å². The zero-order chi connectivity index (χ0) is 11.8.